The van der Waals surface area contributed by atoms with Crippen LogP contribution in [0, 0.1) is 0 Å². The molecule has 0 unspecified atom stereocenters. The fourth-order valence-corrected chi connectivity index (χ4v) is 3.55. The third-order valence-corrected chi connectivity index (χ3v) is 5.00. The number of rotatable bonds is 5. The van der Waals surface area contributed by atoms with Gasteiger partial charge in [-0.2, -0.15) is 4.98 Å². The molecule has 8 nitrogen and oxygen atoms in total. The van der Waals surface area contributed by atoms with E-state index in [0.717, 1.165) is 29.0 Å². The van der Waals surface area contributed by atoms with E-state index in [0.29, 0.717) is 5.95 Å². The molecule has 1 amide bonds. The fraction of sp³-hybridized carbons (Fsp3) is 0.286. The summed E-state index contributed by atoms with van der Waals surface area (Å²) in [7, 11) is 3.30. The number of amides is 1. The van der Waals surface area contributed by atoms with Crippen LogP contribution < -0.4 is 20.1 Å². The number of nitrogens with zero attached hydrogens (tertiary/aromatic N) is 3. The number of hydrogen-bond acceptors (Lipinski definition) is 6. The third kappa shape index (κ3) is 3.87. The number of methoxy groups -OCH3 is 2. The maximum Gasteiger partial charge on any atom is 0.250 e. The molecule has 0 bridgehead atoms. The highest BCUT2D eigenvalue weighted by molar-refractivity contribution is 5.86. The van der Waals surface area contributed by atoms with Gasteiger partial charge >= 0.3 is 0 Å². The van der Waals surface area contributed by atoms with Crippen molar-refractivity contribution in [3.63, 3.8) is 0 Å². The van der Waals surface area contributed by atoms with E-state index in [1.165, 1.54) is 6.92 Å². The van der Waals surface area contributed by atoms with Crippen LogP contribution in [0.15, 0.2) is 48.5 Å². The molecule has 0 fully saturated rings. The van der Waals surface area contributed by atoms with Crippen LogP contribution in [-0.4, -0.2) is 34.9 Å². The highest BCUT2D eigenvalue weighted by atomic mass is 16.5. The van der Waals surface area contributed by atoms with Crippen LogP contribution in [0.1, 0.15) is 36.6 Å². The van der Waals surface area contributed by atoms with Crippen molar-refractivity contribution in [3.8, 4) is 11.5 Å². The van der Waals surface area contributed by atoms with Crippen molar-refractivity contribution in [2.45, 2.75) is 25.4 Å². The molecule has 8 heteroatoms. The molecule has 0 radical (unpaired) electrons. The lowest BCUT2D eigenvalue weighted by Crippen LogP contribution is -2.28. The van der Waals surface area contributed by atoms with Gasteiger partial charge in [0.05, 0.1) is 26.3 Å². The van der Waals surface area contributed by atoms with Gasteiger partial charge in [-0.25, -0.2) is 4.68 Å². The standard InChI is InChI=1S/C21H23N5O3/c1-13(27)22-20-24-21-23-18(14-4-8-16(28-2)9-5-14)12-19(26(21)25-20)15-6-10-17(29-3)11-7-15/h4-11,18-19H,12H2,1-3H3,(H2,22,23,24,25,27)/t18-,19-/m1/s1. The predicted molar refractivity (Wildman–Crippen MR) is 109 cm³/mol. The molecule has 2 aromatic carbocycles. The quantitative estimate of drug-likeness (QED) is 0.691. The Morgan fingerprint density at radius 2 is 1.62 bits per heavy atom. The second-order valence-corrected chi connectivity index (χ2v) is 6.88. The summed E-state index contributed by atoms with van der Waals surface area (Å²) >= 11 is 0. The smallest absolute Gasteiger partial charge is 0.250 e. The van der Waals surface area contributed by atoms with Gasteiger partial charge in [-0.1, -0.05) is 24.3 Å². The van der Waals surface area contributed by atoms with E-state index in [1.807, 2.05) is 53.2 Å². The lowest BCUT2D eigenvalue weighted by atomic mass is 9.93. The molecule has 29 heavy (non-hydrogen) atoms. The number of ether oxygens (including phenoxy) is 2. The van der Waals surface area contributed by atoms with E-state index in [1.54, 1.807) is 14.2 Å². The molecule has 1 aliphatic heterocycles. The molecule has 0 saturated carbocycles. The first-order valence-electron chi connectivity index (χ1n) is 9.36. The van der Waals surface area contributed by atoms with E-state index >= 15 is 0 Å². The van der Waals surface area contributed by atoms with Crippen LogP contribution in [0.3, 0.4) is 0 Å². The van der Waals surface area contributed by atoms with Crippen LogP contribution in [0.25, 0.3) is 0 Å². The van der Waals surface area contributed by atoms with Gasteiger partial charge in [0.25, 0.3) is 5.95 Å². The van der Waals surface area contributed by atoms with Crippen LogP contribution in [0.2, 0.25) is 0 Å². The molecule has 0 saturated heterocycles. The zero-order chi connectivity index (χ0) is 20.4. The van der Waals surface area contributed by atoms with Crippen LogP contribution in [0.4, 0.5) is 11.9 Å². The minimum absolute atomic E-state index is 0.0369. The molecule has 0 spiro atoms. The minimum atomic E-state index is -0.208. The van der Waals surface area contributed by atoms with E-state index in [-0.39, 0.29) is 23.9 Å². The average molecular weight is 393 g/mol. The Balaban J connectivity index is 1.71. The van der Waals surface area contributed by atoms with Gasteiger partial charge in [0, 0.05) is 6.92 Å². The Bertz CT molecular complexity index is 998. The topological polar surface area (TPSA) is 90.3 Å². The highest BCUT2D eigenvalue weighted by Crippen LogP contribution is 2.38. The average Bonchev–Trinajstić information content (AvgIpc) is 3.14. The number of benzene rings is 2. The van der Waals surface area contributed by atoms with Crippen molar-refractivity contribution in [2.75, 3.05) is 24.9 Å². The largest absolute Gasteiger partial charge is 0.497 e. The number of carbonyl (C=O) groups excluding carboxylic acids is 1. The Morgan fingerprint density at radius 1 is 1.03 bits per heavy atom. The summed E-state index contributed by atoms with van der Waals surface area (Å²) < 4.78 is 12.4. The normalized spacial score (nSPS) is 17.8. The molecule has 1 aliphatic rings. The number of fused-ring (bicyclic) bond motifs is 1. The van der Waals surface area contributed by atoms with Gasteiger partial charge in [-0.05, 0) is 41.8 Å². The van der Waals surface area contributed by atoms with Crippen molar-refractivity contribution < 1.29 is 14.3 Å². The highest BCUT2D eigenvalue weighted by Gasteiger charge is 2.31. The second kappa shape index (κ2) is 7.83. The predicted octanol–water partition coefficient (Wildman–Crippen LogP) is 3.40. The minimum Gasteiger partial charge on any atom is -0.497 e. The first-order chi connectivity index (χ1) is 14.1. The summed E-state index contributed by atoms with van der Waals surface area (Å²) in [5, 5.41) is 10.6. The van der Waals surface area contributed by atoms with Gasteiger partial charge in [-0.15, -0.1) is 5.10 Å². The lowest BCUT2D eigenvalue weighted by Gasteiger charge is -2.31. The molecular weight excluding hydrogens is 370 g/mol. The maximum atomic E-state index is 11.4. The fourth-order valence-electron chi connectivity index (χ4n) is 3.55. The Morgan fingerprint density at radius 3 is 2.17 bits per heavy atom. The molecule has 4 rings (SSSR count). The zero-order valence-corrected chi connectivity index (χ0v) is 16.5. The summed E-state index contributed by atoms with van der Waals surface area (Å²) in [5.74, 6) is 2.30. The Labute approximate surface area is 168 Å². The van der Waals surface area contributed by atoms with Gasteiger partial charge in [0.15, 0.2) is 0 Å². The number of hydrogen-bond donors (Lipinski definition) is 2. The van der Waals surface area contributed by atoms with Crippen molar-refractivity contribution in [1.29, 1.82) is 0 Å². The van der Waals surface area contributed by atoms with Crippen molar-refractivity contribution in [1.82, 2.24) is 14.8 Å². The SMILES string of the molecule is COc1ccc([C@H]2C[C@H](c3ccc(OC)cc3)Nc3nc(NC(C)=O)nn32)cc1. The summed E-state index contributed by atoms with van der Waals surface area (Å²) in [6, 6.07) is 15.9. The summed E-state index contributed by atoms with van der Waals surface area (Å²) in [6.07, 6.45) is 0.772. The van der Waals surface area contributed by atoms with Crippen LogP contribution in [-0.2, 0) is 4.79 Å². The number of anilines is 2. The van der Waals surface area contributed by atoms with Crippen molar-refractivity contribution in [3.05, 3.63) is 59.7 Å². The number of aromatic nitrogens is 3. The van der Waals surface area contributed by atoms with E-state index in [9.17, 15) is 4.79 Å². The first-order valence-corrected chi connectivity index (χ1v) is 9.36. The Kier molecular flexibility index (Phi) is 5.07. The Hall–Kier alpha value is -3.55. The molecule has 2 atom stereocenters. The molecule has 1 aromatic heterocycles. The molecule has 3 aromatic rings. The van der Waals surface area contributed by atoms with Gasteiger partial charge in [0.2, 0.25) is 11.9 Å². The van der Waals surface area contributed by atoms with Gasteiger partial charge in [-0.3, -0.25) is 10.1 Å². The molecule has 2 N–H and O–H groups in total. The molecule has 0 aliphatic carbocycles. The van der Waals surface area contributed by atoms with E-state index in [2.05, 4.69) is 20.7 Å². The summed E-state index contributed by atoms with van der Waals surface area (Å²) in [6.45, 7) is 1.44. The summed E-state index contributed by atoms with van der Waals surface area (Å²) in [5.41, 5.74) is 2.21. The van der Waals surface area contributed by atoms with Gasteiger partial charge in [0.1, 0.15) is 11.5 Å². The third-order valence-electron chi connectivity index (χ3n) is 5.00. The molecule has 150 valence electrons. The second-order valence-electron chi connectivity index (χ2n) is 6.88. The summed E-state index contributed by atoms with van der Waals surface area (Å²) in [4.78, 5) is 15.9. The number of nitrogens with one attached hydrogen (secondary N) is 2. The van der Waals surface area contributed by atoms with Crippen molar-refractivity contribution >= 4 is 17.8 Å². The zero-order valence-electron chi connectivity index (χ0n) is 16.5. The number of carbonyl (C=O) groups is 1. The van der Waals surface area contributed by atoms with Gasteiger partial charge < -0.3 is 14.8 Å². The van der Waals surface area contributed by atoms with E-state index < -0.39 is 0 Å². The van der Waals surface area contributed by atoms with Crippen LogP contribution in [0.5, 0.6) is 11.5 Å². The molecular formula is C21H23N5O3. The lowest BCUT2D eigenvalue weighted by molar-refractivity contribution is -0.114. The van der Waals surface area contributed by atoms with Crippen molar-refractivity contribution in [2.24, 2.45) is 0 Å². The van der Waals surface area contributed by atoms with Crippen LogP contribution >= 0.6 is 0 Å². The monoisotopic (exact) mass is 393 g/mol. The molecule has 2 heterocycles. The van der Waals surface area contributed by atoms with E-state index in [4.69, 9.17) is 9.47 Å². The first kappa shape index (κ1) is 18.8. The maximum absolute atomic E-state index is 11.4.